The molecule has 16 heavy (non-hydrogen) atoms. The Kier molecular flexibility index (Phi) is 4.73. The molecule has 1 aliphatic rings. The molecule has 1 rings (SSSR count). The number of ether oxygens (including phenoxy) is 2. The van der Waals surface area contributed by atoms with Crippen LogP contribution in [0.4, 0.5) is 0 Å². The van der Waals surface area contributed by atoms with Gasteiger partial charge in [-0.2, -0.15) is 0 Å². The first kappa shape index (κ1) is 14.3. The summed E-state index contributed by atoms with van der Waals surface area (Å²) in [4.78, 5) is 0. The Morgan fingerprint density at radius 3 is 1.31 bits per heavy atom. The maximum absolute atomic E-state index is 5.93. The fourth-order valence-corrected chi connectivity index (χ4v) is 3.11. The van der Waals surface area contributed by atoms with E-state index in [9.17, 15) is 0 Å². The smallest absolute Gasteiger partial charge is 0.199 e. The van der Waals surface area contributed by atoms with Gasteiger partial charge in [0.2, 0.25) is 0 Å². The highest BCUT2D eigenvalue weighted by Crippen LogP contribution is 2.21. The van der Waals surface area contributed by atoms with E-state index in [-0.39, 0.29) is 12.6 Å². The minimum absolute atomic E-state index is 0.354. The van der Waals surface area contributed by atoms with Crippen molar-refractivity contribution in [2.24, 2.45) is 0 Å². The molecular weight excluding hydrogens is 240 g/mol. The van der Waals surface area contributed by atoms with Gasteiger partial charge < -0.3 is 18.3 Å². The highest BCUT2D eigenvalue weighted by molar-refractivity contribution is 6.70. The quantitative estimate of drug-likeness (QED) is 0.731. The Bertz CT molecular complexity index is 198. The van der Waals surface area contributed by atoms with Crippen LogP contribution in [0.15, 0.2) is 0 Å². The minimum Gasteiger partial charge on any atom is -0.389 e. The lowest BCUT2D eigenvalue weighted by atomic mass is 10.5. The van der Waals surface area contributed by atoms with E-state index in [1.54, 1.807) is 0 Å². The van der Waals surface area contributed by atoms with Crippen molar-refractivity contribution in [3.63, 3.8) is 0 Å². The molecule has 0 N–H and O–H groups in total. The van der Waals surface area contributed by atoms with Gasteiger partial charge in [-0.25, -0.2) is 0 Å². The lowest BCUT2D eigenvalue weighted by Crippen LogP contribution is -2.50. The molecule has 0 saturated carbocycles. The molecule has 1 fully saturated rings. The summed E-state index contributed by atoms with van der Waals surface area (Å²) < 4.78 is 23.0. The summed E-state index contributed by atoms with van der Waals surface area (Å²) in [5, 5.41) is 0. The minimum atomic E-state index is -1.63. The van der Waals surface area contributed by atoms with E-state index in [4.69, 9.17) is 18.3 Å². The number of rotatable bonds is 4. The summed E-state index contributed by atoms with van der Waals surface area (Å²) in [5.41, 5.74) is 0. The third-order valence-electron chi connectivity index (χ3n) is 1.81. The molecule has 1 heterocycles. The van der Waals surface area contributed by atoms with Crippen LogP contribution in [0.5, 0.6) is 0 Å². The van der Waals surface area contributed by atoms with Gasteiger partial charge in [0.15, 0.2) is 29.2 Å². The standard InChI is InChI=1S/C10H24O4Si2/c1-15(2,3)13-9-10(12-8-7-11-9)14-16(4,5)6/h9-10H,7-8H2,1-6H3/t9-,10+. The molecule has 0 aliphatic carbocycles. The van der Waals surface area contributed by atoms with E-state index in [1.165, 1.54) is 0 Å². The molecule has 96 valence electrons. The van der Waals surface area contributed by atoms with Crippen LogP contribution < -0.4 is 0 Å². The summed E-state index contributed by atoms with van der Waals surface area (Å²) in [6.45, 7) is 14.0. The average molecular weight is 264 g/mol. The maximum atomic E-state index is 5.93. The Labute approximate surface area is 100 Å². The van der Waals surface area contributed by atoms with E-state index in [0.717, 1.165) is 0 Å². The lowest BCUT2D eigenvalue weighted by molar-refractivity contribution is -0.277. The molecule has 0 unspecified atom stereocenters. The van der Waals surface area contributed by atoms with Crippen LogP contribution in [0, 0.1) is 0 Å². The second-order valence-electron chi connectivity index (χ2n) is 5.94. The van der Waals surface area contributed by atoms with Crippen LogP contribution in [0.25, 0.3) is 0 Å². The van der Waals surface area contributed by atoms with Gasteiger partial charge in [-0.05, 0) is 39.3 Å². The van der Waals surface area contributed by atoms with Crippen molar-refractivity contribution < 1.29 is 18.3 Å². The van der Waals surface area contributed by atoms with Crippen molar-refractivity contribution in [3.8, 4) is 0 Å². The molecule has 0 bridgehead atoms. The molecule has 0 aromatic carbocycles. The SMILES string of the molecule is C[Si](C)(C)O[C@H]1OCCO[C@H]1O[Si](C)(C)C. The molecule has 0 aromatic heterocycles. The number of hydrogen-bond donors (Lipinski definition) is 0. The third kappa shape index (κ3) is 5.56. The summed E-state index contributed by atoms with van der Waals surface area (Å²) in [5.74, 6) is 0. The largest absolute Gasteiger partial charge is 0.389 e. The second kappa shape index (κ2) is 5.28. The van der Waals surface area contributed by atoms with Gasteiger partial charge in [0.1, 0.15) is 0 Å². The zero-order valence-electron chi connectivity index (χ0n) is 11.2. The van der Waals surface area contributed by atoms with Crippen molar-refractivity contribution in [2.75, 3.05) is 13.2 Å². The molecule has 0 spiro atoms. The Morgan fingerprint density at radius 2 is 1.06 bits per heavy atom. The van der Waals surface area contributed by atoms with Gasteiger partial charge in [-0.15, -0.1) is 0 Å². The van der Waals surface area contributed by atoms with Crippen LogP contribution in [-0.2, 0) is 18.3 Å². The molecule has 4 nitrogen and oxygen atoms in total. The zero-order valence-corrected chi connectivity index (χ0v) is 13.2. The number of hydrogen-bond acceptors (Lipinski definition) is 4. The van der Waals surface area contributed by atoms with Crippen molar-refractivity contribution in [3.05, 3.63) is 0 Å². The summed E-state index contributed by atoms with van der Waals surface area (Å²) in [7, 11) is -3.26. The molecular formula is C10H24O4Si2. The Hall–Kier alpha value is 0.274. The average Bonchev–Trinajstić information content (AvgIpc) is 2.03. The second-order valence-corrected chi connectivity index (χ2v) is 14.9. The van der Waals surface area contributed by atoms with E-state index < -0.39 is 16.6 Å². The van der Waals surface area contributed by atoms with Gasteiger partial charge in [-0.1, -0.05) is 0 Å². The highest BCUT2D eigenvalue weighted by Gasteiger charge is 2.35. The van der Waals surface area contributed by atoms with Gasteiger partial charge in [-0.3, -0.25) is 0 Å². The molecule has 0 radical (unpaired) electrons. The van der Waals surface area contributed by atoms with Crippen molar-refractivity contribution in [1.29, 1.82) is 0 Å². The van der Waals surface area contributed by atoms with Crippen molar-refractivity contribution >= 4 is 16.6 Å². The lowest BCUT2D eigenvalue weighted by Gasteiger charge is -2.38. The first-order valence-corrected chi connectivity index (χ1v) is 12.6. The van der Waals surface area contributed by atoms with Gasteiger partial charge in [0.25, 0.3) is 0 Å². The van der Waals surface area contributed by atoms with Crippen molar-refractivity contribution in [1.82, 2.24) is 0 Å². The van der Waals surface area contributed by atoms with E-state index in [2.05, 4.69) is 39.3 Å². The third-order valence-corrected chi connectivity index (χ3v) is 3.69. The normalized spacial score (nSPS) is 28.1. The predicted molar refractivity (Wildman–Crippen MR) is 68.3 cm³/mol. The topological polar surface area (TPSA) is 36.9 Å². The van der Waals surface area contributed by atoms with E-state index in [0.29, 0.717) is 13.2 Å². The van der Waals surface area contributed by atoms with Gasteiger partial charge in [0, 0.05) is 0 Å². The van der Waals surface area contributed by atoms with Gasteiger partial charge in [0.05, 0.1) is 13.2 Å². The predicted octanol–water partition coefficient (Wildman–Crippen LogP) is 2.39. The summed E-state index contributed by atoms with van der Waals surface area (Å²) in [6, 6.07) is 0. The maximum Gasteiger partial charge on any atom is 0.199 e. The molecule has 1 aliphatic heterocycles. The Balaban J connectivity index is 2.57. The molecule has 2 atom stereocenters. The Morgan fingerprint density at radius 1 is 0.750 bits per heavy atom. The van der Waals surface area contributed by atoms with Crippen LogP contribution in [-0.4, -0.2) is 42.4 Å². The molecule has 0 aromatic rings. The van der Waals surface area contributed by atoms with Crippen LogP contribution in [0.1, 0.15) is 0 Å². The first-order chi connectivity index (χ1) is 7.17. The monoisotopic (exact) mass is 264 g/mol. The van der Waals surface area contributed by atoms with Crippen LogP contribution in [0.2, 0.25) is 39.3 Å². The fourth-order valence-electron chi connectivity index (χ4n) is 1.36. The van der Waals surface area contributed by atoms with E-state index >= 15 is 0 Å². The molecule has 1 saturated heterocycles. The fraction of sp³-hybridized carbons (Fsp3) is 1.00. The highest BCUT2D eigenvalue weighted by atomic mass is 28.4. The zero-order chi connectivity index (χ0) is 12.4. The summed E-state index contributed by atoms with van der Waals surface area (Å²) >= 11 is 0. The van der Waals surface area contributed by atoms with E-state index in [1.807, 2.05) is 0 Å². The van der Waals surface area contributed by atoms with Crippen molar-refractivity contribution in [2.45, 2.75) is 51.9 Å². The van der Waals surface area contributed by atoms with Crippen LogP contribution >= 0.6 is 0 Å². The van der Waals surface area contributed by atoms with Gasteiger partial charge >= 0.3 is 0 Å². The summed E-state index contributed by atoms with van der Waals surface area (Å²) in [6.07, 6.45) is -0.709. The first-order valence-electron chi connectivity index (χ1n) is 5.76. The molecule has 0 amide bonds. The molecule has 6 heteroatoms. The van der Waals surface area contributed by atoms with Crippen LogP contribution in [0.3, 0.4) is 0 Å².